The van der Waals surface area contributed by atoms with E-state index in [0.29, 0.717) is 0 Å². The highest BCUT2D eigenvalue weighted by Gasteiger charge is 2.53. The Hall–Kier alpha value is -2.69. The lowest BCUT2D eigenvalue weighted by molar-refractivity contribution is -0.148. The van der Waals surface area contributed by atoms with E-state index < -0.39 is 17.8 Å². The summed E-state index contributed by atoms with van der Waals surface area (Å²) in [6.45, 7) is 0. The number of nitrogens with one attached hydrogen (secondary N) is 1. The van der Waals surface area contributed by atoms with Crippen molar-refractivity contribution in [1.82, 2.24) is 4.98 Å². The third kappa shape index (κ3) is 3.21. The maximum atomic E-state index is 12.7. The first-order valence-electron chi connectivity index (χ1n) is 9.13. The van der Waals surface area contributed by atoms with Gasteiger partial charge in [0.1, 0.15) is 0 Å². The van der Waals surface area contributed by atoms with Crippen molar-refractivity contribution in [3.8, 4) is 0 Å². The Bertz CT molecular complexity index is 804. The number of nitrogens with zero attached hydrogens (tertiary/aromatic N) is 1. The number of hydrogen-bond acceptors (Lipinski definition) is 3. The van der Waals surface area contributed by atoms with Gasteiger partial charge in [0.2, 0.25) is 5.91 Å². The number of carboxylic acid groups (broad SMARTS) is 1. The summed E-state index contributed by atoms with van der Waals surface area (Å²) in [4.78, 5) is 28.3. The van der Waals surface area contributed by atoms with Gasteiger partial charge in [-0.2, -0.15) is 0 Å². The Balaban J connectivity index is 1.42. The van der Waals surface area contributed by atoms with Crippen LogP contribution in [0.2, 0.25) is 0 Å². The Morgan fingerprint density at radius 3 is 2.23 bits per heavy atom. The molecule has 2 bridgehead atoms. The molecule has 0 unspecified atom stereocenters. The van der Waals surface area contributed by atoms with Gasteiger partial charge in [0.05, 0.1) is 11.8 Å². The number of carbonyl (C=O) groups excluding carboxylic acids is 1. The van der Waals surface area contributed by atoms with E-state index in [2.05, 4.69) is 10.3 Å². The molecule has 26 heavy (non-hydrogen) atoms. The van der Waals surface area contributed by atoms with Crippen molar-refractivity contribution in [1.29, 1.82) is 0 Å². The van der Waals surface area contributed by atoms with E-state index in [1.165, 1.54) is 5.56 Å². The number of pyridine rings is 1. The van der Waals surface area contributed by atoms with E-state index in [0.717, 1.165) is 36.9 Å². The molecule has 2 fully saturated rings. The third-order valence-electron chi connectivity index (χ3n) is 5.88. The smallest absolute Gasteiger partial charge is 0.307 e. The largest absolute Gasteiger partial charge is 0.481 e. The summed E-state index contributed by atoms with van der Waals surface area (Å²) in [7, 11) is 0. The molecule has 0 saturated heterocycles. The van der Waals surface area contributed by atoms with Crippen LogP contribution in [0, 0.1) is 23.7 Å². The van der Waals surface area contributed by atoms with Crippen molar-refractivity contribution < 1.29 is 14.7 Å². The van der Waals surface area contributed by atoms with Crippen LogP contribution in [0.25, 0.3) is 0 Å². The highest BCUT2D eigenvalue weighted by molar-refractivity contribution is 5.96. The SMILES string of the molecule is O=C(O)[C@H]1[C@H]2CC[C@H](C2)[C@@H]1C(=O)Nc1ccc(Cc2ccncc2)cc1. The predicted octanol–water partition coefficient (Wildman–Crippen LogP) is 3.36. The number of carbonyl (C=O) groups is 2. The standard InChI is InChI=1S/C21H22N2O3/c24-20(18-15-3-4-16(12-15)19(18)21(25)26)23-17-5-1-13(2-6-17)11-14-7-9-22-10-8-14/h1-2,5-10,15-16,18-19H,3-4,11-12H2,(H,23,24)(H,25,26)/t15-,16+,18+,19+/m1/s1. The van der Waals surface area contributed by atoms with Crippen molar-refractivity contribution in [2.45, 2.75) is 25.7 Å². The fourth-order valence-electron chi connectivity index (χ4n) is 4.69. The Kier molecular flexibility index (Phi) is 4.45. The molecular formula is C21H22N2O3. The minimum Gasteiger partial charge on any atom is -0.481 e. The van der Waals surface area contributed by atoms with Gasteiger partial charge in [-0.05, 0) is 72.9 Å². The van der Waals surface area contributed by atoms with Gasteiger partial charge in [0, 0.05) is 18.1 Å². The van der Waals surface area contributed by atoms with Crippen molar-refractivity contribution in [3.05, 3.63) is 59.9 Å². The number of carboxylic acids is 1. The first-order valence-corrected chi connectivity index (χ1v) is 9.13. The molecule has 4 rings (SSSR count). The molecule has 5 heteroatoms. The molecule has 1 heterocycles. The zero-order chi connectivity index (χ0) is 18.1. The zero-order valence-corrected chi connectivity index (χ0v) is 14.5. The molecule has 2 aliphatic carbocycles. The fraction of sp³-hybridized carbons (Fsp3) is 0.381. The van der Waals surface area contributed by atoms with Crippen LogP contribution < -0.4 is 5.32 Å². The molecule has 134 valence electrons. The van der Waals surface area contributed by atoms with Gasteiger partial charge in [-0.1, -0.05) is 12.1 Å². The number of amides is 1. The van der Waals surface area contributed by atoms with Gasteiger partial charge in [0.25, 0.3) is 0 Å². The normalized spacial score (nSPS) is 26.6. The Morgan fingerprint density at radius 2 is 1.58 bits per heavy atom. The van der Waals surface area contributed by atoms with Crippen molar-refractivity contribution >= 4 is 17.6 Å². The summed E-state index contributed by atoms with van der Waals surface area (Å²) >= 11 is 0. The molecule has 2 N–H and O–H groups in total. The summed E-state index contributed by atoms with van der Waals surface area (Å²) in [6, 6.07) is 11.7. The minimum atomic E-state index is -0.829. The number of rotatable bonds is 5. The van der Waals surface area contributed by atoms with E-state index in [9.17, 15) is 14.7 Å². The number of anilines is 1. The van der Waals surface area contributed by atoms with Crippen LogP contribution in [-0.2, 0) is 16.0 Å². The van der Waals surface area contributed by atoms with Crippen LogP contribution in [0.1, 0.15) is 30.4 Å². The number of hydrogen-bond donors (Lipinski definition) is 2. The van der Waals surface area contributed by atoms with Gasteiger partial charge < -0.3 is 10.4 Å². The molecule has 0 spiro atoms. The van der Waals surface area contributed by atoms with E-state index in [-0.39, 0.29) is 17.7 Å². The van der Waals surface area contributed by atoms with E-state index in [1.54, 1.807) is 12.4 Å². The van der Waals surface area contributed by atoms with Crippen LogP contribution in [0.15, 0.2) is 48.8 Å². The van der Waals surface area contributed by atoms with Crippen LogP contribution in [0.3, 0.4) is 0 Å². The van der Waals surface area contributed by atoms with E-state index in [4.69, 9.17) is 0 Å². The number of benzene rings is 1. The minimum absolute atomic E-state index is 0.147. The molecule has 5 nitrogen and oxygen atoms in total. The number of aromatic nitrogens is 1. The average molecular weight is 350 g/mol. The summed E-state index contributed by atoms with van der Waals surface area (Å²) in [5.41, 5.74) is 3.06. The summed E-state index contributed by atoms with van der Waals surface area (Å²) in [6.07, 6.45) is 7.15. The van der Waals surface area contributed by atoms with Crippen molar-refractivity contribution in [3.63, 3.8) is 0 Å². The Morgan fingerprint density at radius 1 is 0.962 bits per heavy atom. The molecule has 2 aliphatic rings. The van der Waals surface area contributed by atoms with E-state index in [1.807, 2.05) is 36.4 Å². The lowest BCUT2D eigenvalue weighted by atomic mass is 9.78. The molecule has 0 aliphatic heterocycles. The maximum absolute atomic E-state index is 12.7. The lowest BCUT2D eigenvalue weighted by Crippen LogP contribution is -2.37. The third-order valence-corrected chi connectivity index (χ3v) is 5.88. The van der Waals surface area contributed by atoms with Crippen LogP contribution in [-0.4, -0.2) is 22.0 Å². The first kappa shape index (κ1) is 16.8. The molecule has 1 aromatic heterocycles. The van der Waals surface area contributed by atoms with Gasteiger partial charge in [0.15, 0.2) is 0 Å². The summed E-state index contributed by atoms with van der Waals surface area (Å²) < 4.78 is 0. The molecule has 2 saturated carbocycles. The first-order chi connectivity index (χ1) is 12.6. The monoisotopic (exact) mass is 350 g/mol. The van der Waals surface area contributed by atoms with Crippen LogP contribution >= 0.6 is 0 Å². The quantitative estimate of drug-likeness (QED) is 0.867. The van der Waals surface area contributed by atoms with Gasteiger partial charge in [-0.25, -0.2) is 0 Å². The molecule has 0 radical (unpaired) electrons. The van der Waals surface area contributed by atoms with Crippen molar-refractivity contribution in [2.75, 3.05) is 5.32 Å². The zero-order valence-electron chi connectivity index (χ0n) is 14.5. The highest BCUT2D eigenvalue weighted by atomic mass is 16.4. The average Bonchev–Trinajstić information content (AvgIpc) is 3.25. The molecule has 1 amide bonds. The summed E-state index contributed by atoms with van der Waals surface area (Å²) in [5, 5.41) is 12.4. The van der Waals surface area contributed by atoms with Crippen molar-refractivity contribution in [2.24, 2.45) is 23.7 Å². The Labute approximate surface area is 152 Å². The lowest BCUT2D eigenvalue weighted by Gasteiger charge is -2.27. The second-order valence-corrected chi connectivity index (χ2v) is 7.44. The fourth-order valence-corrected chi connectivity index (χ4v) is 4.69. The molecule has 4 atom stereocenters. The second kappa shape index (κ2) is 6.90. The predicted molar refractivity (Wildman–Crippen MR) is 97.6 cm³/mol. The van der Waals surface area contributed by atoms with Gasteiger partial charge >= 0.3 is 5.97 Å². The molecular weight excluding hydrogens is 328 g/mol. The maximum Gasteiger partial charge on any atom is 0.307 e. The number of aliphatic carboxylic acids is 1. The van der Waals surface area contributed by atoms with Gasteiger partial charge in [-0.3, -0.25) is 14.6 Å². The van der Waals surface area contributed by atoms with Crippen LogP contribution in [0.5, 0.6) is 0 Å². The van der Waals surface area contributed by atoms with Gasteiger partial charge in [-0.15, -0.1) is 0 Å². The number of fused-ring (bicyclic) bond motifs is 2. The topological polar surface area (TPSA) is 79.3 Å². The van der Waals surface area contributed by atoms with Crippen LogP contribution in [0.4, 0.5) is 5.69 Å². The molecule has 2 aromatic rings. The second-order valence-electron chi connectivity index (χ2n) is 7.44. The highest BCUT2D eigenvalue weighted by Crippen LogP contribution is 2.52. The van der Waals surface area contributed by atoms with E-state index >= 15 is 0 Å². The molecule has 1 aromatic carbocycles. The summed E-state index contributed by atoms with van der Waals surface area (Å²) in [5.74, 6) is -1.53.